The monoisotopic (exact) mass is 182 g/mol. The summed E-state index contributed by atoms with van der Waals surface area (Å²) in [7, 11) is 0. The Morgan fingerprint density at radius 2 is 1.75 bits per heavy atom. The molecule has 0 N–H and O–H groups in total. The number of esters is 2. The number of hydrogen-bond donors (Lipinski definition) is 0. The van der Waals surface area contributed by atoms with Gasteiger partial charge in [0.2, 0.25) is 0 Å². The molecule has 0 saturated carbocycles. The van der Waals surface area contributed by atoms with Gasteiger partial charge < -0.3 is 4.74 Å². The number of alkyl halides is 3. The van der Waals surface area contributed by atoms with Gasteiger partial charge in [-0.3, -0.25) is 0 Å². The number of hydrogen-bond acceptors (Lipinski definition) is 3. The third kappa shape index (κ3) is 0.774. The first-order valence-electron chi connectivity index (χ1n) is 3.19. The van der Waals surface area contributed by atoms with Crippen molar-refractivity contribution in [3.63, 3.8) is 0 Å². The Balaban J connectivity index is 3.15. The highest BCUT2D eigenvalue weighted by molar-refractivity contribution is 6.04. The van der Waals surface area contributed by atoms with Crippen molar-refractivity contribution in [3.05, 3.63) is 0 Å². The first kappa shape index (κ1) is 9.02. The molecule has 0 aromatic rings. The number of halogens is 3. The molecule has 0 aromatic carbocycles. The molecular weight excluding hydrogens is 177 g/mol. The van der Waals surface area contributed by atoms with Crippen LogP contribution in [0.3, 0.4) is 0 Å². The van der Waals surface area contributed by atoms with Crippen LogP contribution in [0.1, 0.15) is 13.3 Å². The van der Waals surface area contributed by atoms with Crippen LogP contribution in [0.25, 0.3) is 0 Å². The van der Waals surface area contributed by atoms with Crippen molar-refractivity contribution in [2.75, 3.05) is 0 Å². The van der Waals surface area contributed by atoms with Crippen LogP contribution in [0.4, 0.5) is 13.2 Å². The van der Waals surface area contributed by atoms with Crippen molar-refractivity contribution in [2.24, 2.45) is 0 Å². The summed E-state index contributed by atoms with van der Waals surface area (Å²) in [5, 5.41) is 0. The average Bonchev–Trinajstić information content (AvgIpc) is 2.14. The number of cyclic esters (lactones) is 2. The lowest BCUT2D eigenvalue weighted by Crippen LogP contribution is -2.46. The average molecular weight is 182 g/mol. The maximum atomic E-state index is 13.0. The maximum Gasteiger partial charge on any atom is 0.388 e. The third-order valence-electron chi connectivity index (χ3n) is 1.75. The Kier molecular flexibility index (Phi) is 1.66. The highest BCUT2D eigenvalue weighted by Gasteiger charge is 2.72. The van der Waals surface area contributed by atoms with Gasteiger partial charge in [-0.05, 0) is 6.42 Å². The van der Waals surface area contributed by atoms with Gasteiger partial charge in [-0.2, -0.15) is 8.78 Å². The van der Waals surface area contributed by atoms with Gasteiger partial charge in [0.15, 0.2) is 0 Å². The van der Waals surface area contributed by atoms with Crippen molar-refractivity contribution in [1.29, 1.82) is 0 Å². The topological polar surface area (TPSA) is 43.4 Å². The van der Waals surface area contributed by atoms with Crippen LogP contribution in [0, 0.1) is 0 Å². The van der Waals surface area contributed by atoms with Gasteiger partial charge in [-0.15, -0.1) is 0 Å². The number of carbonyl (C=O) groups excluding carboxylic acids is 2. The molecule has 3 nitrogen and oxygen atoms in total. The summed E-state index contributed by atoms with van der Waals surface area (Å²) in [4.78, 5) is 20.7. The molecule has 6 heteroatoms. The number of carbonyl (C=O) groups is 2. The quantitative estimate of drug-likeness (QED) is 0.445. The number of rotatable bonds is 1. The molecule has 0 aromatic heterocycles. The highest BCUT2D eigenvalue weighted by atomic mass is 19.3. The van der Waals surface area contributed by atoms with Gasteiger partial charge in [-0.25, -0.2) is 14.0 Å². The summed E-state index contributed by atoms with van der Waals surface area (Å²) in [5.41, 5.74) is -3.48. The first-order chi connectivity index (χ1) is 5.36. The Morgan fingerprint density at radius 3 is 1.92 bits per heavy atom. The van der Waals surface area contributed by atoms with Gasteiger partial charge >= 0.3 is 17.9 Å². The lowest BCUT2D eigenvalue weighted by molar-refractivity contribution is -0.166. The van der Waals surface area contributed by atoms with E-state index < -0.39 is 30.0 Å². The van der Waals surface area contributed by atoms with E-state index in [1.807, 2.05) is 0 Å². The largest absolute Gasteiger partial charge is 0.388 e. The van der Waals surface area contributed by atoms with Crippen LogP contribution < -0.4 is 0 Å². The van der Waals surface area contributed by atoms with E-state index in [1.54, 1.807) is 0 Å². The minimum Gasteiger partial charge on any atom is -0.386 e. The smallest absolute Gasteiger partial charge is 0.386 e. The highest BCUT2D eigenvalue weighted by Crippen LogP contribution is 2.42. The SMILES string of the molecule is CCC1(F)C(=O)OC(=O)C1(F)F. The third-order valence-corrected chi connectivity index (χ3v) is 1.75. The summed E-state index contributed by atoms with van der Waals surface area (Å²) in [5.74, 6) is -8.27. The number of ether oxygens (including phenoxy) is 1. The minimum atomic E-state index is -4.35. The van der Waals surface area contributed by atoms with E-state index in [4.69, 9.17) is 0 Å². The fourth-order valence-electron chi connectivity index (χ4n) is 0.885. The molecule has 0 spiro atoms. The summed E-state index contributed by atoms with van der Waals surface area (Å²) in [6.45, 7) is 1.04. The Bertz CT molecular complexity index is 250. The molecule has 1 unspecified atom stereocenters. The lowest BCUT2D eigenvalue weighted by atomic mass is 9.97. The summed E-state index contributed by atoms with van der Waals surface area (Å²) >= 11 is 0. The van der Waals surface area contributed by atoms with E-state index in [9.17, 15) is 22.8 Å². The van der Waals surface area contributed by atoms with Crippen LogP contribution in [-0.4, -0.2) is 23.5 Å². The van der Waals surface area contributed by atoms with Gasteiger partial charge in [-0.1, -0.05) is 6.92 Å². The van der Waals surface area contributed by atoms with Gasteiger partial charge in [0, 0.05) is 0 Å². The predicted octanol–water partition coefficient (Wildman–Crippen LogP) is 0.823. The van der Waals surface area contributed by atoms with Crippen LogP contribution in [-0.2, 0) is 14.3 Å². The molecule has 1 saturated heterocycles. The van der Waals surface area contributed by atoms with E-state index in [0.717, 1.165) is 6.92 Å². The Labute approximate surface area is 65.5 Å². The Hall–Kier alpha value is -1.07. The molecule has 0 aliphatic carbocycles. The van der Waals surface area contributed by atoms with Gasteiger partial charge in [0.05, 0.1) is 0 Å². The molecule has 0 radical (unpaired) electrons. The van der Waals surface area contributed by atoms with Gasteiger partial charge in [0.1, 0.15) is 0 Å². The second kappa shape index (κ2) is 2.21. The van der Waals surface area contributed by atoms with E-state index in [0.29, 0.717) is 0 Å². The molecule has 68 valence electrons. The second-order valence-corrected chi connectivity index (χ2v) is 2.41. The molecule has 12 heavy (non-hydrogen) atoms. The van der Waals surface area contributed by atoms with Crippen molar-refractivity contribution in [3.8, 4) is 0 Å². The molecule has 0 bridgehead atoms. The molecule has 1 aliphatic heterocycles. The maximum absolute atomic E-state index is 13.0. The summed E-state index contributed by atoms with van der Waals surface area (Å²) in [6, 6.07) is 0. The van der Waals surface area contributed by atoms with E-state index in [1.165, 1.54) is 0 Å². The standard InChI is InChI=1S/C6H5F3O3/c1-2-5(7)3(10)12-4(11)6(5,8)9/h2H2,1H3. The van der Waals surface area contributed by atoms with Crippen LogP contribution in [0.5, 0.6) is 0 Å². The van der Waals surface area contributed by atoms with E-state index in [-0.39, 0.29) is 0 Å². The fourth-order valence-corrected chi connectivity index (χ4v) is 0.885. The van der Waals surface area contributed by atoms with Crippen molar-refractivity contribution in [1.82, 2.24) is 0 Å². The van der Waals surface area contributed by atoms with E-state index >= 15 is 0 Å². The zero-order chi connectivity index (χ0) is 9.57. The Morgan fingerprint density at radius 1 is 1.25 bits per heavy atom. The molecular formula is C6H5F3O3. The van der Waals surface area contributed by atoms with E-state index in [2.05, 4.69) is 4.74 Å². The van der Waals surface area contributed by atoms with Crippen LogP contribution in [0.2, 0.25) is 0 Å². The summed E-state index contributed by atoms with van der Waals surface area (Å²) < 4.78 is 41.6. The first-order valence-corrected chi connectivity index (χ1v) is 3.19. The minimum absolute atomic E-state index is 0.787. The molecule has 1 atom stereocenters. The van der Waals surface area contributed by atoms with Gasteiger partial charge in [0.25, 0.3) is 5.67 Å². The molecule has 1 heterocycles. The normalized spacial score (nSPS) is 33.7. The summed E-state index contributed by atoms with van der Waals surface area (Å²) in [6.07, 6.45) is -0.787. The zero-order valence-corrected chi connectivity index (χ0v) is 6.07. The van der Waals surface area contributed by atoms with Crippen molar-refractivity contribution < 1.29 is 27.5 Å². The van der Waals surface area contributed by atoms with Crippen molar-refractivity contribution >= 4 is 11.9 Å². The molecule has 1 rings (SSSR count). The molecule has 1 fully saturated rings. The molecule has 1 aliphatic rings. The van der Waals surface area contributed by atoms with Crippen LogP contribution >= 0.6 is 0 Å². The molecule has 0 amide bonds. The zero-order valence-electron chi connectivity index (χ0n) is 6.07. The predicted molar refractivity (Wildman–Crippen MR) is 30.2 cm³/mol. The lowest BCUT2D eigenvalue weighted by Gasteiger charge is -2.17. The van der Waals surface area contributed by atoms with Crippen molar-refractivity contribution in [2.45, 2.75) is 24.9 Å². The van der Waals surface area contributed by atoms with Crippen LogP contribution in [0.15, 0.2) is 0 Å². The fraction of sp³-hybridized carbons (Fsp3) is 0.667. The second-order valence-electron chi connectivity index (χ2n) is 2.41.